The van der Waals surface area contributed by atoms with E-state index in [1.54, 1.807) is 55.5 Å². The number of anilines is 4. The van der Waals surface area contributed by atoms with Crippen molar-refractivity contribution in [1.29, 1.82) is 0 Å². The monoisotopic (exact) mass is 1150 g/mol. The van der Waals surface area contributed by atoms with E-state index in [4.69, 9.17) is 27.1 Å². The van der Waals surface area contributed by atoms with Crippen LogP contribution in [0, 0.1) is 6.92 Å². The summed E-state index contributed by atoms with van der Waals surface area (Å²) < 4.78 is 129. The Labute approximate surface area is 451 Å². The number of aldehydes is 1. The lowest BCUT2D eigenvalue weighted by atomic mass is 8.99. The number of aromatic nitrogens is 3. The van der Waals surface area contributed by atoms with Crippen LogP contribution < -0.4 is 21.2 Å². The number of azo groups is 2. The van der Waals surface area contributed by atoms with Crippen LogP contribution in [-0.4, -0.2) is 131 Å². The van der Waals surface area contributed by atoms with E-state index in [0.29, 0.717) is 17.9 Å². The number of amidine groups is 1. The number of phenolic OH excluding ortho intramolecular Hbond substituents is 3. The largest absolute Gasteiger partial charge is 0.506 e. The van der Waals surface area contributed by atoms with Crippen LogP contribution in [0.25, 0.3) is 10.8 Å². The Balaban J connectivity index is 1.09. The number of hydrazone groups is 1. The van der Waals surface area contributed by atoms with Gasteiger partial charge in [0.1, 0.15) is 27.7 Å². The van der Waals surface area contributed by atoms with Crippen LogP contribution in [-0.2, 0) is 40.2 Å². The topological polar surface area (TPSA) is 424 Å². The standard InChI is InChI=1S/C42H35B4ClN12O15S4/c1-22-7-8-24(21-60)30(15-22)54-58-39(23-5-3-2-4-6-23)59-56-33-20-28(77(69,70)71)19-32(37(33)62)49-41-50-40(47)51-42(52-41)53-46(45(43)44)48-13-14-75(64,65)26-10-12-34(61)31(18-26)55-57-36-29-11-9-27(76(66,67)68)16-25(29)17-35(38(36)63)78(72,73)74/h2-12,15-21,48,56,61-63H,13-14H2,1H3,(H,66,67,68)(H,69,70,71)(H,72,73,74)(H2,49,50,51,52,53). The first-order valence-corrected chi connectivity index (χ1v) is 28.1. The van der Waals surface area contributed by atoms with Crippen LogP contribution >= 0.6 is 11.6 Å². The number of phenols is 3. The summed E-state index contributed by atoms with van der Waals surface area (Å²) in [6, 6.07) is 21.1. The van der Waals surface area contributed by atoms with Crippen LogP contribution in [0.5, 0.6) is 17.2 Å². The minimum Gasteiger partial charge on any atom is -0.506 e. The van der Waals surface area contributed by atoms with Crippen molar-refractivity contribution >= 4 is 144 Å². The van der Waals surface area contributed by atoms with Gasteiger partial charge in [0.2, 0.25) is 23.0 Å². The molecule has 36 heteroatoms. The Morgan fingerprint density at radius 1 is 0.705 bits per heavy atom. The Kier molecular flexibility index (Phi) is 17.3. The predicted molar refractivity (Wildman–Crippen MR) is 288 cm³/mol. The van der Waals surface area contributed by atoms with Gasteiger partial charge in [-0.3, -0.25) is 23.9 Å². The maximum Gasteiger partial charge on any atom is 0.298 e. The number of benzene rings is 6. The molecule has 0 aliphatic rings. The average Bonchev–Trinajstić information content (AvgIpc) is 3.39. The molecule has 396 valence electrons. The zero-order chi connectivity index (χ0) is 56.9. The van der Waals surface area contributed by atoms with Crippen molar-refractivity contribution in [2.45, 2.75) is 26.5 Å². The number of aryl methyl sites for hydroxylation is 1. The van der Waals surface area contributed by atoms with E-state index < -0.39 is 137 Å². The summed E-state index contributed by atoms with van der Waals surface area (Å²) in [4.78, 5) is 20.7. The molecule has 0 spiro atoms. The molecule has 7 rings (SSSR count). The van der Waals surface area contributed by atoms with Crippen molar-refractivity contribution in [2.24, 2.45) is 25.6 Å². The van der Waals surface area contributed by atoms with Gasteiger partial charge in [-0.2, -0.15) is 45.3 Å². The smallest absolute Gasteiger partial charge is 0.298 e. The van der Waals surface area contributed by atoms with Gasteiger partial charge in [0, 0.05) is 38.5 Å². The molecule has 1 heterocycles. The zero-order valence-corrected chi connectivity index (χ0v) is 43.6. The van der Waals surface area contributed by atoms with Gasteiger partial charge in [0.15, 0.2) is 27.6 Å². The zero-order valence-electron chi connectivity index (χ0n) is 39.6. The van der Waals surface area contributed by atoms with Gasteiger partial charge in [0.05, 0.1) is 38.2 Å². The molecule has 6 aromatic carbocycles. The summed E-state index contributed by atoms with van der Waals surface area (Å²) in [5.74, 6) is -4.07. The van der Waals surface area contributed by atoms with Crippen molar-refractivity contribution in [3.05, 3.63) is 125 Å². The number of halogens is 1. The highest BCUT2D eigenvalue weighted by Crippen LogP contribution is 2.43. The van der Waals surface area contributed by atoms with Gasteiger partial charge < -0.3 is 31.1 Å². The number of carbonyl (C=O) groups excluding carboxylic acids is 1. The van der Waals surface area contributed by atoms with Gasteiger partial charge >= 0.3 is 0 Å². The molecule has 27 nitrogen and oxygen atoms in total. The van der Waals surface area contributed by atoms with E-state index in [-0.39, 0.29) is 33.8 Å². The van der Waals surface area contributed by atoms with E-state index in [1.165, 1.54) is 0 Å². The molecular formula is C42H35B4ClN12O15S4. The predicted octanol–water partition coefficient (Wildman–Crippen LogP) is 5.24. The van der Waals surface area contributed by atoms with Gasteiger partial charge in [-0.25, -0.2) is 8.42 Å². The summed E-state index contributed by atoms with van der Waals surface area (Å²) in [6.07, 6.45) is -0.727. The van der Waals surface area contributed by atoms with Crippen molar-refractivity contribution in [2.75, 3.05) is 28.3 Å². The number of nitrogens with zero attached hydrogens (tertiary/aromatic N) is 8. The van der Waals surface area contributed by atoms with Crippen molar-refractivity contribution < 1.29 is 67.4 Å². The van der Waals surface area contributed by atoms with Crippen LogP contribution in [0.3, 0.4) is 0 Å². The molecule has 0 unspecified atom stereocenters. The molecular weight excluding hydrogens is 1120 g/mol. The third-order valence-electron chi connectivity index (χ3n) is 10.7. The van der Waals surface area contributed by atoms with Gasteiger partial charge in [-0.1, -0.05) is 42.5 Å². The number of nitrogens with one attached hydrogen (secondary N) is 4. The summed E-state index contributed by atoms with van der Waals surface area (Å²) in [5, 5.41) is 60.1. The third kappa shape index (κ3) is 14.2. The van der Waals surface area contributed by atoms with Gasteiger partial charge in [-0.05, 0) is 90.1 Å². The fourth-order valence-corrected chi connectivity index (χ4v) is 9.89. The normalized spacial score (nSPS) is 12.5. The maximum absolute atomic E-state index is 13.6. The molecule has 0 saturated carbocycles. The highest BCUT2D eigenvalue weighted by atomic mass is 35.5. The number of fused-ring (bicyclic) bond motifs is 1. The lowest BCUT2D eigenvalue weighted by Gasteiger charge is -2.20. The molecule has 1 aromatic heterocycles. The van der Waals surface area contributed by atoms with E-state index in [9.17, 15) is 67.4 Å². The van der Waals surface area contributed by atoms with E-state index >= 15 is 0 Å². The fraction of sp³-hybridized carbons (Fsp3) is 0.0714. The minimum atomic E-state index is -5.18. The van der Waals surface area contributed by atoms with Gasteiger partial charge in [-0.15, -0.1) is 20.5 Å². The first-order valence-electron chi connectivity index (χ1n) is 21.7. The van der Waals surface area contributed by atoms with Crippen LogP contribution in [0.4, 0.5) is 40.3 Å². The fourth-order valence-electron chi connectivity index (χ4n) is 6.87. The summed E-state index contributed by atoms with van der Waals surface area (Å²) in [5.41, 5.74) is 2.11. The average molecular weight is 1150 g/mol. The number of aromatic hydroxyl groups is 3. The third-order valence-corrected chi connectivity index (χ3v) is 15.1. The molecule has 0 amide bonds. The van der Waals surface area contributed by atoms with Crippen molar-refractivity contribution in [3.8, 4) is 17.2 Å². The van der Waals surface area contributed by atoms with Crippen LogP contribution in [0.2, 0.25) is 5.28 Å². The SMILES string of the molecule is [B]B([B])B(NCCS(=O)(=O)c1ccc(O)c(N=Nc2c(O)c(S(=O)(=O)O)cc3cc(S(=O)(=O)O)ccc23)c1)Nc1nc(Cl)nc(Nc2cc(S(=O)(=O)O)cc(NN=C(N=Nc3cc(C)ccc3C=O)c3ccccc3)c2O)n1. The molecule has 0 fully saturated rings. The number of sulfone groups is 1. The highest BCUT2D eigenvalue weighted by molar-refractivity contribution is 7.91. The van der Waals surface area contributed by atoms with Crippen molar-refractivity contribution in [1.82, 2.24) is 20.2 Å². The van der Waals surface area contributed by atoms with E-state index in [0.717, 1.165) is 54.1 Å². The van der Waals surface area contributed by atoms with E-state index in [2.05, 4.69) is 61.7 Å². The molecule has 4 radical (unpaired) electrons. The number of rotatable bonds is 20. The van der Waals surface area contributed by atoms with Crippen LogP contribution in [0.15, 0.2) is 148 Å². The molecule has 0 aliphatic carbocycles. The number of hydrogen-bond donors (Lipinski definition) is 10. The Morgan fingerprint density at radius 3 is 2.05 bits per heavy atom. The molecule has 0 atom stereocenters. The summed E-state index contributed by atoms with van der Waals surface area (Å²) in [6.45, 7) is 0.153. The van der Waals surface area contributed by atoms with Crippen LogP contribution in [0.1, 0.15) is 21.5 Å². The van der Waals surface area contributed by atoms with Gasteiger partial charge in [0.25, 0.3) is 37.2 Å². The molecule has 0 aliphatic heterocycles. The minimum absolute atomic E-state index is 0.0965. The Bertz CT molecular complexity index is 4080. The molecule has 7 aromatic rings. The second-order valence-electron chi connectivity index (χ2n) is 16.2. The number of carbonyl (C=O) groups is 1. The molecule has 0 saturated heterocycles. The maximum atomic E-state index is 13.6. The summed E-state index contributed by atoms with van der Waals surface area (Å²) >= 11 is 6.21. The lowest BCUT2D eigenvalue weighted by Crippen LogP contribution is -2.56. The van der Waals surface area contributed by atoms with Crippen molar-refractivity contribution in [3.63, 3.8) is 0 Å². The quantitative estimate of drug-likeness (QED) is 0.00681. The molecule has 78 heavy (non-hydrogen) atoms. The Morgan fingerprint density at radius 2 is 1.38 bits per heavy atom. The molecule has 0 bridgehead atoms. The summed E-state index contributed by atoms with van der Waals surface area (Å²) in [7, 11) is -7.28. The first kappa shape index (κ1) is 57.8. The second kappa shape index (κ2) is 23.4. The van der Waals surface area contributed by atoms with E-state index in [1.807, 2.05) is 0 Å². The highest BCUT2D eigenvalue weighted by Gasteiger charge is 2.26. The molecule has 10 N–H and O–H groups in total. The number of hydrogen-bond acceptors (Lipinski definition) is 23. The second-order valence-corrected chi connectivity index (χ2v) is 22.9. The first-order chi connectivity index (χ1) is 36.6. The Hall–Kier alpha value is -7.88. The lowest BCUT2D eigenvalue weighted by molar-refractivity contribution is 0.112.